The van der Waals surface area contributed by atoms with Crippen molar-refractivity contribution in [2.45, 2.75) is 0 Å². The van der Waals surface area contributed by atoms with Crippen LogP contribution in [0.25, 0.3) is 0 Å². The van der Waals surface area contributed by atoms with Crippen molar-refractivity contribution in [3.05, 3.63) is 0 Å². The van der Waals surface area contributed by atoms with E-state index in [2.05, 4.69) is 14.0 Å². The average molecular weight is 200 g/mol. The van der Waals surface area contributed by atoms with Gasteiger partial charge in [-0.1, -0.05) is 0 Å². The van der Waals surface area contributed by atoms with Crippen molar-refractivity contribution in [2.75, 3.05) is 20.3 Å². The molecule has 7 nitrogen and oxygen atoms in total. The molecule has 0 aliphatic heterocycles. The Labute approximate surface area is 68.5 Å². The van der Waals surface area contributed by atoms with E-state index in [1.54, 1.807) is 0 Å². The Hall–Kier alpha value is -0.620. The highest BCUT2D eigenvalue weighted by atomic mass is 31.2. The van der Waals surface area contributed by atoms with Crippen LogP contribution in [-0.4, -0.2) is 36.3 Å². The molecular formula is C4H9O7P. The molecule has 0 aromatic rings. The fourth-order valence-corrected chi connectivity index (χ4v) is 0.652. The van der Waals surface area contributed by atoms with Gasteiger partial charge in [0.15, 0.2) is 0 Å². The minimum Gasteiger partial charge on any atom is -0.438 e. The second-order valence-electron chi connectivity index (χ2n) is 1.63. The predicted molar refractivity (Wildman–Crippen MR) is 36.4 cm³/mol. The van der Waals surface area contributed by atoms with E-state index in [4.69, 9.17) is 9.79 Å². The van der Waals surface area contributed by atoms with Gasteiger partial charge in [0, 0.05) is 0 Å². The maximum absolute atomic E-state index is 10.2. The Morgan fingerprint density at radius 3 is 2.42 bits per heavy atom. The van der Waals surface area contributed by atoms with Crippen LogP contribution in [0.5, 0.6) is 0 Å². The van der Waals surface area contributed by atoms with Crippen LogP contribution in [-0.2, 0) is 18.6 Å². The highest BCUT2D eigenvalue weighted by Crippen LogP contribution is 2.35. The number of carbonyl (C=O) groups excluding carboxylic acids is 1. The summed E-state index contributed by atoms with van der Waals surface area (Å²) in [7, 11) is -3.35. The van der Waals surface area contributed by atoms with Crippen molar-refractivity contribution in [2.24, 2.45) is 0 Å². The monoisotopic (exact) mass is 200 g/mol. The van der Waals surface area contributed by atoms with Crippen LogP contribution in [0.2, 0.25) is 0 Å². The van der Waals surface area contributed by atoms with Gasteiger partial charge >= 0.3 is 14.0 Å². The molecule has 0 rings (SSSR count). The van der Waals surface area contributed by atoms with Crippen LogP contribution >= 0.6 is 7.82 Å². The third kappa shape index (κ3) is 7.49. The number of rotatable bonds is 4. The number of methoxy groups -OCH3 is 1. The fraction of sp³-hybridized carbons (Fsp3) is 0.750. The van der Waals surface area contributed by atoms with Crippen LogP contribution in [0.3, 0.4) is 0 Å². The average Bonchev–Trinajstić information content (AvgIpc) is 1.96. The third-order valence-corrected chi connectivity index (χ3v) is 1.25. The van der Waals surface area contributed by atoms with E-state index in [9.17, 15) is 9.36 Å². The molecule has 0 atom stereocenters. The number of phosphoric ester groups is 1. The van der Waals surface area contributed by atoms with Crippen molar-refractivity contribution in [3.63, 3.8) is 0 Å². The Bertz CT molecular complexity index is 184. The van der Waals surface area contributed by atoms with Crippen LogP contribution in [0.4, 0.5) is 4.79 Å². The van der Waals surface area contributed by atoms with Gasteiger partial charge in [0.25, 0.3) is 0 Å². The molecular weight excluding hydrogens is 191 g/mol. The van der Waals surface area contributed by atoms with Gasteiger partial charge in [-0.15, -0.1) is 0 Å². The SMILES string of the molecule is COC(=O)OCCOP(=O)(O)O. The number of hydrogen-bond acceptors (Lipinski definition) is 5. The lowest BCUT2D eigenvalue weighted by Gasteiger charge is -2.04. The zero-order chi connectivity index (χ0) is 9.61. The van der Waals surface area contributed by atoms with Crippen LogP contribution in [0.1, 0.15) is 0 Å². The van der Waals surface area contributed by atoms with Crippen molar-refractivity contribution >= 4 is 14.0 Å². The number of carbonyl (C=O) groups is 1. The van der Waals surface area contributed by atoms with Crippen molar-refractivity contribution < 1.29 is 33.1 Å². The van der Waals surface area contributed by atoms with E-state index in [0.717, 1.165) is 7.11 Å². The minimum absolute atomic E-state index is 0.266. The number of hydrogen-bond donors (Lipinski definition) is 2. The van der Waals surface area contributed by atoms with E-state index >= 15 is 0 Å². The van der Waals surface area contributed by atoms with E-state index in [0.29, 0.717) is 0 Å². The Balaban J connectivity index is 3.34. The van der Waals surface area contributed by atoms with Gasteiger partial charge in [-0.25, -0.2) is 9.36 Å². The van der Waals surface area contributed by atoms with Gasteiger partial charge in [-0.05, 0) is 0 Å². The zero-order valence-electron chi connectivity index (χ0n) is 6.30. The fourth-order valence-electron chi connectivity index (χ4n) is 0.340. The molecule has 72 valence electrons. The Morgan fingerprint density at radius 2 is 2.00 bits per heavy atom. The second kappa shape index (κ2) is 5.10. The van der Waals surface area contributed by atoms with Gasteiger partial charge in [0.2, 0.25) is 0 Å². The standard InChI is InChI=1S/C4H9O7P/c1-9-4(5)10-2-3-11-12(6,7)8/h2-3H2,1H3,(H2,6,7,8). The van der Waals surface area contributed by atoms with Gasteiger partial charge in [0.05, 0.1) is 13.7 Å². The lowest BCUT2D eigenvalue weighted by Crippen LogP contribution is -2.09. The molecule has 0 radical (unpaired) electrons. The molecule has 0 aromatic heterocycles. The summed E-state index contributed by atoms with van der Waals surface area (Å²) < 4.78 is 22.3. The molecule has 0 spiro atoms. The molecule has 0 fully saturated rings. The molecule has 0 amide bonds. The van der Waals surface area contributed by atoms with Gasteiger partial charge in [-0.2, -0.15) is 0 Å². The smallest absolute Gasteiger partial charge is 0.438 e. The molecule has 0 saturated carbocycles. The Morgan fingerprint density at radius 1 is 1.42 bits per heavy atom. The topological polar surface area (TPSA) is 102 Å². The summed E-state index contributed by atoms with van der Waals surface area (Å²) in [5, 5.41) is 0. The van der Waals surface area contributed by atoms with Gasteiger partial charge < -0.3 is 19.3 Å². The molecule has 0 heterocycles. The van der Waals surface area contributed by atoms with E-state index < -0.39 is 14.0 Å². The summed E-state index contributed by atoms with van der Waals surface area (Å²) in [4.78, 5) is 26.6. The van der Waals surface area contributed by atoms with Crippen molar-refractivity contribution in [1.82, 2.24) is 0 Å². The zero-order valence-corrected chi connectivity index (χ0v) is 7.19. The molecule has 0 aromatic carbocycles. The maximum Gasteiger partial charge on any atom is 0.508 e. The first-order valence-corrected chi connectivity index (χ1v) is 4.39. The molecule has 2 N–H and O–H groups in total. The highest BCUT2D eigenvalue weighted by molar-refractivity contribution is 7.46. The van der Waals surface area contributed by atoms with E-state index in [-0.39, 0.29) is 13.2 Å². The first kappa shape index (κ1) is 11.4. The summed E-state index contributed by atoms with van der Waals surface area (Å²) in [5.74, 6) is 0. The number of ether oxygens (including phenoxy) is 2. The van der Waals surface area contributed by atoms with Crippen molar-refractivity contribution in [1.29, 1.82) is 0 Å². The summed E-state index contributed by atoms with van der Waals surface area (Å²) in [6.45, 7) is -0.642. The largest absolute Gasteiger partial charge is 0.508 e. The lowest BCUT2D eigenvalue weighted by molar-refractivity contribution is 0.0565. The quantitative estimate of drug-likeness (QED) is 0.370. The van der Waals surface area contributed by atoms with Gasteiger partial charge in [-0.3, -0.25) is 4.52 Å². The highest BCUT2D eigenvalue weighted by Gasteiger charge is 2.13. The van der Waals surface area contributed by atoms with E-state index in [1.807, 2.05) is 0 Å². The first-order valence-electron chi connectivity index (χ1n) is 2.86. The van der Waals surface area contributed by atoms with Crippen LogP contribution in [0.15, 0.2) is 0 Å². The third-order valence-electron chi connectivity index (χ3n) is 0.729. The minimum atomic E-state index is -4.47. The second-order valence-corrected chi connectivity index (χ2v) is 2.87. The van der Waals surface area contributed by atoms with Gasteiger partial charge in [0.1, 0.15) is 6.61 Å². The van der Waals surface area contributed by atoms with Crippen LogP contribution < -0.4 is 0 Å². The summed E-state index contributed by atoms with van der Waals surface area (Å²) >= 11 is 0. The Kier molecular flexibility index (Phi) is 4.84. The summed E-state index contributed by atoms with van der Waals surface area (Å²) in [6.07, 6.45) is -0.927. The number of phosphoric acid groups is 1. The van der Waals surface area contributed by atoms with E-state index in [1.165, 1.54) is 0 Å². The normalized spacial score (nSPS) is 10.9. The molecule has 0 bridgehead atoms. The molecule has 12 heavy (non-hydrogen) atoms. The lowest BCUT2D eigenvalue weighted by atomic mass is 10.8. The van der Waals surface area contributed by atoms with Crippen LogP contribution in [0, 0.1) is 0 Å². The molecule has 8 heteroatoms. The summed E-state index contributed by atoms with van der Waals surface area (Å²) in [6, 6.07) is 0. The summed E-state index contributed by atoms with van der Waals surface area (Å²) in [5.41, 5.74) is 0. The molecule has 0 unspecified atom stereocenters. The molecule has 0 aliphatic rings. The maximum atomic E-state index is 10.2. The molecule has 0 aliphatic carbocycles. The predicted octanol–water partition coefficient (Wildman–Crippen LogP) is -0.121. The first-order chi connectivity index (χ1) is 5.45. The van der Waals surface area contributed by atoms with Crippen molar-refractivity contribution in [3.8, 4) is 0 Å². The molecule has 0 saturated heterocycles.